The summed E-state index contributed by atoms with van der Waals surface area (Å²) in [5, 5.41) is 4.12. The molecule has 32 heavy (non-hydrogen) atoms. The van der Waals surface area contributed by atoms with Gasteiger partial charge in [-0.15, -0.1) is 0 Å². The first-order valence-electron chi connectivity index (χ1n) is 9.13. The van der Waals surface area contributed by atoms with Crippen LogP contribution in [0.5, 0.6) is 0 Å². The van der Waals surface area contributed by atoms with E-state index in [-0.39, 0.29) is 17.0 Å². The minimum absolute atomic E-state index is 0.214. The van der Waals surface area contributed by atoms with Gasteiger partial charge in [0.25, 0.3) is 0 Å². The molecule has 0 aromatic carbocycles. The number of nitrogens with one attached hydrogen (secondary N) is 2. The number of amides is 2. The summed E-state index contributed by atoms with van der Waals surface area (Å²) in [6.45, 7) is 10.4. The molecular formula is C18H24Cl6N4O2S2. The number of hydrogen-bond donors (Lipinski definition) is 2. The molecule has 1 aromatic rings. The van der Waals surface area contributed by atoms with Gasteiger partial charge in [0.15, 0.2) is 5.16 Å². The first kappa shape index (κ1) is 30.5. The van der Waals surface area contributed by atoms with E-state index in [0.717, 1.165) is 23.5 Å². The SMILES string of the molecule is CC(C)(C)C(=O)N[C@H](Sc1nccc(S[C@H](NC(=O)C(C)(C)C)C(Cl)(Cl)Cl)n1)C(Cl)(Cl)Cl. The third-order valence-electron chi connectivity index (χ3n) is 3.55. The average molecular weight is 605 g/mol. The van der Waals surface area contributed by atoms with Crippen LogP contribution in [-0.4, -0.2) is 40.1 Å². The Bertz CT molecular complexity index is 756. The van der Waals surface area contributed by atoms with Gasteiger partial charge in [0, 0.05) is 17.0 Å². The lowest BCUT2D eigenvalue weighted by Gasteiger charge is -2.29. The highest BCUT2D eigenvalue weighted by atomic mass is 35.6. The molecule has 182 valence electrons. The Morgan fingerprint density at radius 2 is 1.22 bits per heavy atom. The molecule has 0 saturated heterocycles. The van der Waals surface area contributed by atoms with Gasteiger partial charge < -0.3 is 10.6 Å². The predicted octanol–water partition coefficient (Wildman–Crippen LogP) is 6.38. The lowest BCUT2D eigenvalue weighted by Crippen LogP contribution is -2.46. The minimum atomic E-state index is -1.83. The fraction of sp³-hybridized carbons (Fsp3) is 0.667. The van der Waals surface area contributed by atoms with Crippen molar-refractivity contribution in [1.29, 1.82) is 0 Å². The number of alkyl halides is 6. The maximum absolute atomic E-state index is 12.4. The van der Waals surface area contributed by atoms with Crippen molar-refractivity contribution >= 4 is 105 Å². The molecule has 0 spiro atoms. The molecule has 0 bridgehead atoms. The van der Waals surface area contributed by atoms with Gasteiger partial charge in [-0.2, -0.15) is 0 Å². The molecule has 6 nitrogen and oxygen atoms in total. The van der Waals surface area contributed by atoms with E-state index in [0.29, 0.717) is 5.03 Å². The Morgan fingerprint density at radius 1 is 0.812 bits per heavy atom. The summed E-state index contributed by atoms with van der Waals surface area (Å²) in [5.74, 6) is -0.612. The molecule has 1 aromatic heterocycles. The smallest absolute Gasteiger partial charge is 0.226 e. The van der Waals surface area contributed by atoms with Crippen LogP contribution >= 0.6 is 93.1 Å². The number of nitrogens with zero attached hydrogens (tertiary/aromatic N) is 2. The largest absolute Gasteiger partial charge is 0.339 e. The van der Waals surface area contributed by atoms with Crippen LogP contribution in [0.4, 0.5) is 0 Å². The molecule has 0 aliphatic carbocycles. The molecule has 2 atom stereocenters. The van der Waals surface area contributed by atoms with Crippen LogP contribution in [0.15, 0.2) is 22.4 Å². The molecular weight excluding hydrogens is 581 g/mol. The van der Waals surface area contributed by atoms with Crippen LogP contribution in [-0.2, 0) is 9.59 Å². The van der Waals surface area contributed by atoms with Gasteiger partial charge >= 0.3 is 0 Å². The fourth-order valence-corrected chi connectivity index (χ4v) is 4.49. The Morgan fingerprint density at radius 3 is 1.59 bits per heavy atom. The molecule has 14 heteroatoms. The molecule has 0 aliphatic heterocycles. The van der Waals surface area contributed by atoms with Crippen molar-refractivity contribution in [3.63, 3.8) is 0 Å². The monoisotopic (exact) mass is 602 g/mol. The van der Waals surface area contributed by atoms with Crippen LogP contribution in [0.25, 0.3) is 0 Å². The zero-order chi connectivity index (χ0) is 25.1. The van der Waals surface area contributed by atoms with Crippen molar-refractivity contribution in [1.82, 2.24) is 20.6 Å². The lowest BCUT2D eigenvalue weighted by molar-refractivity contribution is -0.129. The molecule has 0 saturated carbocycles. The van der Waals surface area contributed by atoms with Crippen molar-refractivity contribution < 1.29 is 9.59 Å². The highest BCUT2D eigenvalue weighted by Gasteiger charge is 2.39. The maximum atomic E-state index is 12.4. The number of carbonyl (C=O) groups is 2. The van der Waals surface area contributed by atoms with Gasteiger partial charge in [-0.05, 0) is 6.07 Å². The Hall–Kier alpha value is 0.460. The van der Waals surface area contributed by atoms with Crippen molar-refractivity contribution in [2.75, 3.05) is 0 Å². The lowest BCUT2D eigenvalue weighted by atomic mass is 9.96. The second kappa shape index (κ2) is 11.5. The Balaban J connectivity index is 3.09. The zero-order valence-electron chi connectivity index (χ0n) is 18.1. The van der Waals surface area contributed by atoms with Crippen molar-refractivity contribution in [2.24, 2.45) is 10.8 Å². The summed E-state index contributed by atoms with van der Waals surface area (Å²) in [4.78, 5) is 33.3. The zero-order valence-corrected chi connectivity index (χ0v) is 24.3. The quantitative estimate of drug-likeness (QED) is 0.129. The first-order valence-corrected chi connectivity index (χ1v) is 13.2. The number of hydrogen-bond acceptors (Lipinski definition) is 6. The molecule has 2 amide bonds. The molecule has 1 heterocycles. The number of aromatic nitrogens is 2. The van der Waals surface area contributed by atoms with E-state index in [2.05, 4.69) is 20.6 Å². The normalized spacial score (nSPS) is 15.1. The van der Waals surface area contributed by atoms with E-state index in [9.17, 15) is 9.59 Å². The fourth-order valence-electron chi connectivity index (χ4n) is 1.70. The van der Waals surface area contributed by atoms with E-state index in [1.54, 1.807) is 47.6 Å². The third-order valence-corrected chi connectivity index (χ3v) is 7.93. The highest BCUT2D eigenvalue weighted by molar-refractivity contribution is 8.00. The van der Waals surface area contributed by atoms with Crippen molar-refractivity contribution in [3.8, 4) is 0 Å². The standard InChI is InChI=1S/C18H24Cl6N4O2S2/c1-15(2,3)10(29)27-12(17(19,20)21)31-9-7-8-25-14(26-9)32-13(18(22,23)24)28-11(30)16(4,5)6/h7-8,12-13H,1-6H3,(H,27,29)(H,28,30)/t12-,13+/m0/s1. The summed E-state index contributed by atoms with van der Waals surface area (Å²) >= 11 is 38.4. The summed E-state index contributed by atoms with van der Waals surface area (Å²) < 4.78 is -3.65. The molecule has 0 unspecified atom stereocenters. The van der Waals surface area contributed by atoms with E-state index in [1.807, 2.05) is 0 Å². The number of thioether (sulfide) groups is 2. The molecule has 0 aliphatic rings. The van der Waals surface area contributed by atoms with Crippen LogP contribution in [0.3, 0.4) is 0 Å². The molecule has 1 rings (SSSR count). The molecule has 0 radical (unpaired) electrons. The average Bonchev–Trinajstić information content (AvgIpc) is 2.57. The number of halogens is 6. The van der Waals surface area contributed by atoms with Crippen LogP contribution in [0.2, 0.25) is 0 Å². The summed E-state index contributed by atoms with van der Waals surface area (Å²) in [6, 6.07) is 1.58. The minimum Gasteiger partial charge on any atom is -0.339 e. The Labute approximate surface area is 226 Å². The summed E-state index contributed by atoms with van der Waals surface area (Å²) in [5.41, 5.74) is -1.39. The molecule has 2 N–H and O–H groups in total. The summed E-state index contributed by atoms with van der Waals surface area (Å²) in [7, 11) is 0. The predicted molar refractivity (Wildman–Crippen MR) is 137 cm³/mol. The first-order chi connectivity index (χ1) is 14.2. The van der Waals surface area contributed by atoms with E-state index in [4.69, 9.17) is 69.6 Å². The van der Waals surface area contributed by atoms with Gasteiger partial charge in [0.2, 0.25) is 19.4 Å². The Kier molecular flexibility index (Phi) is 10.9. The van der Waals surface area contributed by atoms with Crippen molar-refractivity contribution in [3.05, 3.63) is 12.3 Å². The van der Waals surface area contributed by atoms with E-state index >= 15 is 0 Å². The van der Waals surface area contributed by atoms with Gasteiger partial charge in [0.1, 0.15) is 15.8 Å². The topological polar surface area (TPSA) is 84.0 Å². The highest BCUT2D eigenvalue weighted by Crippen LogP contribution is 2.41. The van der Waals surface area contributed by atoms with E-state index < -0.39 is 29.2 Å². The van der Waals surface area contributed by atoms with Crippen LogP contribution in [0.1, 0.15) is 41.5 Å². The van der Waals surface area contributed by atoms with Gasteiger partial charge in [-0.3, -0.25) is 9.59 Å². The maximum Gasteiger partial charge on any atom is 0.226 e. The third kappa shape index (κ3) is 10.4. The van der Waals surface area contributed by atoms with Gasteiger partial charge in [-0.25, -0.2) is 9.97 Å². The van der Waals surface area contributed by atoms with Crippen LogP contribution < -0.4 is 10.6 Å². The second-order valence-electron chi connectivity index (χ2n) is 8.70. The molecule has 0 fully saturated rings. The van der Waals surface area contributed by atoms with Crippen molar-refractivity contribution in [2.45, 2.75) is 70.1 Å². The summed E-state index contributed by atoms with van der Waals surface area (Å²) in [6.07, 6.45) is 1.47. The van der Waals surface area contributed by atoms with Gasteiger partial charge in [0.05, 0.1) is 0 Å². The van der Waals surface area contributed by atoms with E-state index in [1.165, 1.54) is 6.20 Å². The van der Waals surface area contributed by atoms with Crippen LogP contribution in [0, 0.1) is 10.8 Å². The number of rotatable bonds is 6. The van der Waals surface area contributed by atoms with Gasteiger partial charge in [-0.1, -0.05) is 135 Å². The number of carbonyl (C=O) groups excluding carboxylic acids is 2. The second-order valence-corrected chi connectivity index (χ2v) is 15.6.